The Morgan fingerprint density at radius 2 is 1.74 bits per heavy atom. The standard InChI is InChI=1S/C16H18ClNO/c1-10-7-14(17)8-11(2)16(10)19-15-6-4-5-13(9-15)12(3)18/h4-9,12H,18H2,1-3H3. The first kappa shape index (κ1) is 13.9. The topological polar surface area (TPSA) is 35.2 Å². The predicted molar refractivity (Wildman–Crippen MR) is 80.0 cm³/mol. The van der Waals surface area contributed by atoms with Crippen molar-refractivity contribution in [1.29, 1.82) is 0 Å². The van der Waals surface area contributed by atoms with E-state index in [4.69, 9.17) is 22.1 Å². The van der Waals surface area contributed by atoms with E-state index in [9.17, 15) is 0 Å². The second-order valence-electron chi connectivity index (χ2n) is 4.83. The number of ether oxygens (including phenoxy) is 1. The van der Waals surface area contributed by atoms with Crippen LogP contribution in [0.1, 0.15) is 29.7 Å². The van der Waals surface area contributed by atoms with Gasteiger partial charge in [-0.3, -0.25) is 0 Å². The normalized spacial score (nSPS) is 12.3. The van der Waals surface area contributed by atoms with E-state index >= 15 is 0 Å². The molecule has 0 spiro atoms. The molecule has 0 aliphatic rings. The minimum atomic E-state index is -0.00374. The summed E-state index contributed by atoms with van der Waals surface area (Å²) in [5.74, 6) is 1.65. The molecule has 0 saturated heterocycles. The van der Waals surface area contributed by atoms with Crippen molar-refractivity contribution < 1.29 is 4.74 Å². The van der Waals surface area contributed by atoms with E-state index in [1.54, 1.807) is 0 Å². The fourth-order valence-electron chi connectivity index (χ4n) is 2.04. The van der Waals surface area contributed by atoms with Crippen LogP contribution in [0.2, 0.25) is 5.02 Å². The van der Waals surface area contributed by atoms with Crippen LogP contribution in [0.4, 0.5) is 0 Å². The monoisotopic (exact) mass is 275 g/mol. The third-order valence-corrected chi connectivity index (χ3v) is 3.25. The highest BCUT2D eigenvalue weighted by Gasteiger charge is 2.08. The van der Waals surface area contributed by atoms with Crippen LogP contribution in [-0.4, -0.2) is 0 Å². The summed E-state index contributed by atoms with van der Waals surface area (Å²) in [4.78, 5) is 0. The summed E-state index contributed by atoms with van der Waals surface area (Å²) >= 11 is 6.02. The fourth-order valence-corrected chi connectivity index (χ4v) is 2.36. The Balaban J connectivity index is 2.34. The lowest BCUT2D eigenvalue weighted by atomic mass is 10.1. The van der Waals surface area contributed by atoms with Crippen LogP contribution in [0.3, 0.4) is 0 Å². The molecule has 0 aliphatic heterocycles. The SMILES string of the molecule is Cc1cc(Cl)cc(C)c1Oc1cccc(C(C)N)c1. The molecular weight excluding hydrogens is 258 g/mol. The van der Waals surface area contributed by atoms with Gasteiger partial charge in [0.2, 0.25) is 0 Å². The van der Waals surface area contributed by atoms with Gasteiger partial charge in [0, 0.05) is 11.1 Å². The maximum absolute atomic E-state index is 6.02. The van der Waals surface area contributed by atoms with Gasteiger partial charge in [0.15, 0.2) is 0 Å². The van der Waals surface area contributed by atoms with E-state index in [-0.39, 0.29) is 6.04 Å². The van der Waals surface area contributed by atoms with Gasteiger partial charge >= 0.3 is 0 Å². The third kappa shape index (κ3) is 3.28. The summed E-state index contributed by atoms with van der Waals surface area (Å²) in [6, 6.07) is 11.7. The van der Waals surface area contributed by atoms with Crippen LogP contribution in [0.15, 0.2) is 36.4 Å². The highest BCUT2D eigenvalue weighted by Crippen LogP contribution is 2.32. The first-order chi connectivity index (χ1) is 8.97. The maximum Gasteiger partial charge on any atom is 0.133 e. The molecule has 3 heteroatoms. The number of rotatable bonds is 3. The smallest absolute Gasteiger partial charge is 0.133 e. The molecule has 2 rings (SSSR count). The number of hydrogen-bond donors (Lipinski definition) is 1. The molecule has 1 unspecified atom stereocenters. The van der Waals surface area contributed by atoms with Gasteiger partial charge in [-0.05, 0) is 61.7 Å². The van der Waals surface area contributed by atoms with Crippen molar-refractivity contribution in [3.05, 3.63) is 58.1 Å². The minimum Gasteiger partial charge on any atom is -0.457 e. The second-order valence-corrected chi connectivity index (χ2v) is 5.27. The van der Waals surface area contributed by atoms with Crippen molar-refractivity contribution in [3.8, 4) is 11.5 Å². The van der Waals surface area contributed by atoms with Gasteiger partial charge in [0.05, 0.1) is 0 Å². The van der Waals surface area contributed by atoms with Gasteiger partial charge < -0.3 is 10.5 Å². The van der Waals surface area contributed by atoms with E-state index in [0.29, 0.717) is 0 Å². The Labute approximate surface area is 119 Å². The Bertz CT molecular complexity index is 570. The summed E-state index contributed by atoms with van der Waals surface area (Å²) in [6.07, 6.45) is 0. The van der Waals surface area contributed by atoms with E-state index in [1.807, 2.05) is 57.2 Å². The molecule has 0 heterocycles. The molecule has 2 N–H and O–H groups in total. The molecule has 2 nitrogen and oxygen atoms in total. The lowest BCUT2D eigenvalue weighted by molar-refractivity contribution is 0.474. The Morgan fingerprint density at radius 1 is 1.11 bits per heavy atom. The predicted octanol–water partition coefficient (Wildman–Crippen LogP) is 4.77. The van der Waals surface area contributed by atoms with Crippen molar-refractivity contribution in [1.82, 2.24) is 0 Å². The zero-order valence-electron chi connectivity index (χ0n) is 11.4. The zero-order chi connectivity index (χ0) is 14.0. The van der Waals surface area contributed by atoms with E-state index in [1.165, 1.54) is 0 Å². The van der Waals surface area contributed by atoms with Crippen molar-refractivity contribution in [2.75, 3.05) is 0 Å². The first-order valence-electron chi connectivity index (χ1n) is 6.27. The molecule has 0 bridgehead atoms. The largest absolute Gasteiger partial charge is 0.457 e. The van der Waals surface area contributed by atoms with Crippen LogP contribution in [0.25, 0.3) is 0 Å². The Hall–Kier alpha value is -1.51. The summed E-state index contributed by atoms with van der Waals surface area (Å²) in [7, 11) is 0. The molecule has 0 aliphatic carbocycles. The van der Waals surface area contributed by atoms with Gasteiger partial charge in [0.1, 0.15) is 11.5 Å². The molecule has 100 valence electrons. The van der Waals surface area contributed by atoms with Crippen molar-refractivity contribution in [2.45, 2.75) is 26.8 Å². The quantitative estimate of drug-likeness (QED) is 0.876. The Kier molecular flexibility index (Phi) is 4.13. The van der Waals surface area contributed by atoms with Gasteiger partial charge in [-0.15, -0.1) is 0 Å². The van der Waals surface area contributed by atoms with Crippen molar-refractivity contribution in [2.24, 2.45) is 5.73 Å². The molecule has 2 aromatic carbocycles. The molecule has 0 radical (unpaired) electrons. The van der Waals surface area contributed by atoms with Crippen molar-refractivity contribution >= 4 is 11.6 Å². The van der Waals surface area contributed by atoms with Crippen LogP contribution in [0.5, 0.6) is 11.5 Å². The number of aryl methyl sites for hydroxylation is 2. The van der Waals surface area contributed by atoms with Gasteiger partial charge in [-0.25, -0.2) is 0 Å². The van der Waals surface area contributed by atoms with E-state index in [2.05, 4.69) is 0 Å². The highest BCUT2D eigenvalue weighted by atomic mass is 35.5. The molecule has 1 atom stereocenters. The zero-order valence-corrected chi connectivity index (χ0v) is 12.2. The van der Waals surface area contributed by atoms with Crippen LogP contribution >= 0.6 is 11.6 Å². The first-order valence-corrected chi connectivity index (χ1v) is 6.65. The number of hydrogen-bond acceptors (Lipinski definition) is 2. The number of nitrogens with two attached hydrogens (primary N) is 1. The molecular formula is C16H18ClNO. The lowest BCUT2D eigenvalue weighted by Crippen LogP contribution is -2.04. The van der Waals surface area contributed by atoms with Crippen LogP contribution in [0, 0.1) is 13.8 Å². The highest BCUT2D eigenvalue weighted by molar-refractivity contribution is 6.30. The molecule has 0 aromatic heterocycles. The molecule has 0 saturated carbocycles. The van der Waals surface area contributed by atoms with Crippen LogP contribution in [-0.2, 0) is 0 Å². The molecule has 0 amide bonds. The summed E-state index contributed by atoms with van der Waals surface area (Å²) in [5, 5.41) is 0.728. The van der Waals surface area contributed by atoms with Crippen LogP contribution < -0.4 is 10.5 Å². The molecule has 2 aromatic rings. The average Bonchev–Trinajstić information content (AvgIpc) is 2.34. The molecule has 19 heavy (non-hydrogen) atoms. The molecule has 0 fully saturated rings. The van der Waals surface area contributed by atoms with Gasteiger partial charge in [-0.2, -0.15) is 0 Å². The maximum atomic E-state index is 6.02. The second kappa shape index (κ2) is 5.64. The fraction of sp³-hybridized carbons (Fsp3) is 0.250. The number of benzene rings is 2. The Morgan fingerprint density at radius 3 is 2.32 bits per heavy atom. The summed E-state index contributed by atoms with van der Waals surface area (Å²) in [6.45, 7) is 5.94. The average molecular weight is 276 g/mol. The third-order valence-electron chi connectivity index (χ3n) is 3.03. The lowest BCUT2D eigenvalue weighted by Gasteiger charge is -2.14. The van der Waals surface area contributed by atoms with Crippen molar-refractivity contribution in [3.63, 3.8) is 0 Å². The number of halogens is 1. The van der Waals surface area contributed by atoms with E-state index in [0.717, 1.165) is 33.2 Å². The van der Waals surface area contributed by atoms with Gasteiger partial charge in [0.25, 0.3) is 0 Å². The minimum absolute atomic E-state index is 0.00374. The summed E-state index contributed by atoms with van der Waals surface area (Å²) in [5.41, 5.74) is 8.99. The van der Waals surface area contributed by atoms with Gasteiger partial charge in [-0.1, -0.05) is 23.7 Å². The van der Waals surface area contributed by atoms with E-state index < -0.39 is 0 Å². The summed E-state index contributed by atoms with van der Waals surface area (Å²) < 4.78 is 5.97.